The molecule has 5 N–H and O–H groups in total. The van der Waals surface area contributed by atoms with Crippen LogP contribution in [0.15, 0.2) is 167 Å². The Morgan fingerprint density at radius 3 is 2.05 bits per heavy atom. The van der Waals surface area contributed by atoms with Crippen LogP contribution < -0.4 is 16.4 Å². The Morgan fingerprint density at radius 1 is 0.662 bits per heavy atom. The van der Waals surface area contributed by atoms with Crippen molar-refractivity contribution in [3.63, 3.8) is 0 Å². The molecule has 0 spiro atoms. The van der Waals surface area contributed by atoms with Crippen LogP contribution in [0.25, 0.3) is 33.7 Å². The molecule has 0 aliphatic carbocycles. The van der Waals surface area contributed by atoms with Gasteiger partial charge in [0.15, 0.2) is 12.1 Å². The molecule has 65 heavy (non-hydrogen) atoms. The zero-order valence-corrected chi connectivity index (χ0v) is 37.1. The number of unbranched alkanes of at least 4 members (excludes halogenated alkanes) is 3. The highest BCUT2D eigenvalue weighted by Crippen LogP contribution is 2.41. The smallest absolute Gasteiger partial charge is 0.256 e. The number of aliphatic hydroxyl groups excluding tert-OH is 1. The summed E-state index contributed by atoms with van der Waals surface area (Å²) in [4.78, 5) is 30.0. The van der Waals surface area contributed by atoms with Crippen LogP contribution in [-0.2, 0) is 32.2 Å². The molecule has 1 saturated heterocycles. The molecule has 8 rings (SSSR count). The van der Waals surface area contributed by atoms with Crippen molar-refractivity contribution in [2.75, 3.05) is 16.8 Å². The monoisotopic (exact) mass is 886 g/mol. The highest BCUT2D eigenvalue weighted by molar-refractivity contribution is 7.99. The molecule has 332 valence electrons. The number of ether oxygens (including phenoxy) is 2. The molecule has 7 aromatic rings. The van der Waals surface area contributed by atoms with Gasteiger partial charge in [-0.05, 0) is 58.9 Å². The van der Waals surface area contributed by atoms with Crippen molar-refractivity contribution in [1.29, 1.82) is 0 Å². The van der Waals surface area contributed by atoms with E-state index < -0.39 is 6.29 Å². The number of benzene rings is 6. The molecule has 2 amide bonds. The van der Waals surface area contributed by atoms with E-state index in [4.69, 9.17) is 24.6 Å². The van der Waals surface area contributed by atoms with E-state index in [0.29, 0.717) is 48.2 Å². The van der Waals surface area contributed by atoms with Gasteiger partial charge in [-0.2, -0.15) is 0 Å². The number of hydrogen-bond acceptors (Lipinski definition) is 9. The second-order valence-corrected chi connectivity index (χ2v) is 17.2. The Kier molecular flexibility index (Phi) is 15.5. The van der Waals surface area contributed by atoms with Gasteiger partial charge < -0.3 is 35.4 Å². The molecular formula is C54H54N4O6S. The molecule has 3 atom stereocenters. The van der Waals surface area contributed by atoms with Crippen LogP contribution in [0.2, 0.25) is 0 Å². The highest BCUT2D eigenvalue weighted by atomic mass is 32.2. The van der Waals surface area contributed by atoms with E-state index in [1.165, 1.54) is 11.8 Å². The Hall–Kier alpha value is -6.50. The summed E-state index contributed by atoms with van der Waals surface area (Å²) >= 11 is 1.53. The van der Waals surface area contributed by atoms with Gasteiger partial charge in [0.05, 0.1) is 30.2 Å². The Labute approximate surface area is 384 Å². The lowest BCUT2D eigenvalue weighted by Gasteiger charge is -2.36. The van der Waals surface area contributed by atoms with Crippen LogP contribution in [0.1, 0.15) is 79.6 Å². The van der Waals surface area contributed by atoms with Crippen LogP contribution in [0.4, 0.5) is 11.4 Å². The van der Waals surface area contributed by atoms with Crippen molar-refractivity contribution in [3.05, 3.63) is 180 Å². The van der Waals surface area contributed by atoms with Crippen molar-refractivity contribution in [2.24, 2.45) is 0 Å². The van der Waals surface area contributed by atoms with Gasteiger partial charge in [0.2, 0.25) is 11.8 Å². The first-order valence-electron chi connectivity index (χ1n) is 22.2. The van der Waals surface area contributed by atoms with Crippen molar-refractivity contribution in [3.8, 4) is 33.7 Å². The van der Waals surface area contributed by atoms with Gasteiger partial charge in [-0.1, -0.05) is 164 Å². The number of hydrogen-bond donors (Lipinski definition) is 4. The Bertz CT molecular complexity index is 2560. The Morgan fingerprint density at radius 2 is 1.32 bits per heavy atom. The van der Waals surface area contributed by atoms with Crippen LogP contribution in [0, 0.1) is 0 Å². The van der Waals surface area contributed by atoms with Gasteiger partial charge in [0.1, 0.15) is 5.69 Å². The van der Waals surface area contributed by atoms with Gasteiger partial charge >= 0.3 is 0 Å². The van der Waals surface area contributed by atoms with E-state index in [1.807, 2.05) is 121 Å². The minimum Gasteiger partial charge on any atom is -0.431 e. The van der Waals surface area contributed by atoms with E-state index in [-0.39, 0.29) is 30.6 Å². The zero-order chi connectivity index (χ0) is 44.8. The van der Waals surface area contributed by atoms with Crippen molar-refractivity contribution >= 4 is 35.0 Å². The van der Waals surface area contributed by atoms with Gasteiger partial charge in [-0.3, -0.25) is 9.59 Å². The number of rotatable bonds is 19. The summed E-state index contributed by atoms with van der Waals surface area (Å²) < 4.78 is 19.8. The lowest BCUT2D eigenvalue weighted by atomic mass is 9.99. The second kappa shape index (κ2) is 22.4. The first-order chi connectivity index (χ1) is 31.9. The number of para-hydroxylation sites is 2. The molecule has 0 radical (unpaired) electrons. The molecular weight excluding hydrogens is 833 g/mol. The second-order valence-electron chi connectivity index (χ2n) is 16.2. The number of oxazole rings is 1. The fraction of sp³-hybridized carbons (Fsp3) is 0.241. The van der Waals surface area contributed by atoms with Gasteiger partial charge in [0.25, 0.3) is 5.22 Å². The van der Waals surface area contributed by atoms with E-state index in [0.717, 1.165) is 81.6 Å². The molecule has 10 nitrogen and oxygen atoms in total. The summed E-state index contributed by atoms with van der Waals surface area (Å²) in [6.45, 7) is 0.414. The predicted molar refractivity (Wildman–Crippen MR) is 257 cm³/mol. The number of amides is 2. The van der Waals surface area contributed by atoms with Crippen LogP contribution in [0.3, 0.4) is 0 Å². The zero-order valence-electron chi connectivity index (χ0n) is 36.2. The molecule has 0 saturated carbocycles. The number of anilines is 2. The molecule has 1 aliphatic rings. The largest absolute Gasteiger partial charge is 0.431 e. The topological polar surface area (TPSA) is 149 Å². The summed E-state index contributed by atoms with van der Waals surface area (Å²) in [6.07, 6.45) is 3.74. The maximum Gasteiger partial charge on any atom is 0.256 e. The molecule has 3 unspecified atom stereocenters. The third-order valence-corrected chi connectivity index (χ3v) is 12.4. The van der Waals surface area contributed by atoms with E-state index in [9.17, 15) is 14.7 Å². The van der Waals surface area contributed by atoms with Gasteiger partial charge in [0, 0.05) is 48.3 Å². The number of aliphatic hydroxyl groups is 1. The number of carbonyl (C=O) groups is 2. The Balaban J connectivity index is 0.863. The van der Waals surface area contributed by atoms with Gasteiger partial charge in [-0.15, -0.1) is 0 Å². The highest BCUT2D eigenvalue weighted by Gasteiger charge is 2.33. The average Bonchev–Trinajstić information content (AvgIpc) is 3.79. The first-order valence-corrected chi connectivity index (χ1v) is 23.2. The maximum absolute atomic E-state index is 12.7. The number of nitrogens with zero attached hydrogens (tertiary/aromatic N) is 1. The van der Waals surface area contributed by atoms with Crippen LogP contribution in [-0.4, -0.2) is 33.8 Å². The number of carbonyl (C=O) groups excluding carboxylic acids is 2. The fourth-order valence-electron chi connectivity index (χ4n) is 7.86. The van der Waals surface area contributed by atoms with Gasteiger partial charge in [-0.25, -0.2) is 4.98 Å². The maximum atomic E-state index is 12.7. The number of nitrogens with one attached hydrogen (secondary N) is 2. The minimum atomic E-state index is -0.615. The number of aromatic nitrogens is 1. The SMILES string of the molecule is Nc1ccccc1NC(=O)CCCCCCC(=O)NCc1cccc(-c2ccc(C3OC(CSc4nc(-c5ccccc5)c(-c5ccccc5)o4)CC(c4ccc(CO)cc4)O3)cc2)c1. The molecule has 1 fully saturated rings. The lowest BCUT2D eigenvalue weighted by Crippen LogP contribution is -2.31. The molecule has 1 aliphatic heterocycles. The van der Waals surface area contributed by atoms with E-state index in [2.05, 4.69) is 34.9 Å². The third kappa shape index (κ3) is 12.4. The molecule has 0 bridgehead atoms. The van der Waals surface area contributed by atoms with Crippen molar-refractivity contribution < 1.29 is 28.6 Å². The standard InChI is InChI=1S/C54H54N4O6S/c55-46-20-11-12-21-47(46)57-50(61)23-10-2-1-9-22-49(60)56-34-38-14-13-19-44(32-38)39-28-30-43(31-29-39)53-62-45(33-48(63-53)40-26-24-37(35-59)25-27-40)36-65-54-58-51(41-15-5-3-6-16-41)52(64-54)42-17-7-4-8-18-42/h3-8,11-21,24-32,45,48,53,59H,1-2,9-10,22-23,33-36,55H2,(H,56,60)(H,57,61). The minimum absolute atomic E-state index is 0.0122. The summed E-state index contributed by atoms with van der Waals surface area (Å²) in [5.41, 5.74) is 15.7. The molecule has 11 heteroatoms. The van der Waals surface area contributed by atoms with Crippen molar-refractivity contribution in [1.82, 2.24) is 10.3 Å². The summed E-state index contributed by atoms with van der Waals surface area (Å²) in [7, 11) is 0. The third-order valence-electron chi connectivity index (χ3n) is 11.4. The summed E-state index contributed by atoms with van der Waals surface area (Å²) in [5, 5.41) is 16.2. The van der Waals surface area contributed by atoms with E-state index >= 15 is 0 Å². The van der Waals surface area contributed by atoms with Crippen molar-refractivity contribution in [2.45, 2.75) is 81.8 Å². The normalized spacial score (nSPS) is 15.9. The fourth-order valence-corrected chi connectivity index (χ4v) is 8.70. The lowest BCUT2D eigenvalue weighted by molar-refractivity contribution is -0.245. The summed E-state index contributed by atoms with van der Waals surface area (Å²) in [5.74, 6) is 1.29. The average molecular weight is 887 g/mol. The van der Waals surface area contributed by atoms with Crippen LogP contribution >= 0.6 is 11.8 Å². The number of nitrogens with two attached hydrogens (primary N) is 1. The van der Waals surface area contributed by atoms with Crippen LogP contribution in [0.5, 0.6) is 0 Å². The quantitative estimate of drug-likeness (QED) is 0.0354. The van der Waals surface area contributed by atoms with E-state index in [1.54, 1.807) is 12.1 Å². The summed E-state index contributed by atoms with van der Waals surface area (Å²) in [6, 6.07) is 51.7. The molecule has 6 aromatic carbocycles. The number of thioether (sulfide) groups is 1. The number of nitrogen functional groups attached to an aromatic ring is 1. The molecule has 1 aromatic heterocycles. The predicted octanol–water partition coefficient (Wildman–Crippen LogP) is 11.7. The first kappa shape index (κ1) is 45.1. The molecule has 2 heterocycles.